The molecule has 1 N–H and O–H groups in total. The molecule has 0 amide bonds. The number of nitrogens with one attached hydrogen (secondary N) is 1. The van der Waals surface area contributed by atoms with Gasteiger partial charge in [0, 0.05) is 22.0 Å². The number of Topliss-reactive ketones (excluding diaryl/α,β-unsaturated/α-hetero) is 1. The van der Waals surface area contributed by atoms with Gasteiger partial charge in [0.15, 0.2) is 5.78 Å². The van der Waals surface area contributed by atoms with Gasteiger partial charge in [-0.15, -0.1) is 0 Å². The normalized spacial score (nSPS) is 10.6. The summed E-state index contributed by atoms with van der Waals surface area (Å²) in [5, 5.41) is 0.947. The first kappa shape index (κ1) is 16.8. The van der Waals surface area contributed by atoms with Gasteiger partial charge < -0.3 is 14.5 Å². The second-order valence-corrected chi connectivity index (χ2v) is 5.66. The molecule has 0 aliphatic carbocycles. The van der Waals surface area contributed by atoms with Gasteiger partial charge in [0.05, 0.1) is 6.61 Å². The van der Waals surface area contributed by atoms with Gasteiger partial charge in [-0.25, -0.2) is 4.79 Å². The number of ether oxygens (including phenoxy) is 2. The molecule has 1 aromatic heterocycles. The van der Waals surface area contributed by atoms with Crippen LogP contribution in [0, 0.1) is 0 Å². The largest absolute Gasteiger partial charge is 0.493 e. The number of rotatable bonds is 6. The van der Waals surface area contributed by atoms with Crippen LogP contribution in [0.4, 0.5) is 0 Å². The zero-order chi connectivity index (χ0) is 17.8. The molecule has 3 rings (SSSR count). The van der Waals surface area contributed by atoms with Crippen LogP contribution in [0.25, 0.3) is 10.9 Å². The molecule has 0 atom stereocenters. The highest BCUT2D eigenvalue weighted by atomic mass is 16.5. The summed E-state index contributed by atoms with van der Waals surface area (Å²) < 4.78 is 11.0. The molecule has 0 saturated carbocycles. The van der Waals surface area contributed by atoms with Crippen molar-refractivity contribution < 1.29 is 19.1 Å². The van der Waals surface area contributed by atoms with Gasteiger partial charge in [0.25, 0.3) is 0 Å². The molecule has 5 nitrogen and oxygen atoms in total. The molecule has 1 heterocycles. The molecule has 2 aromatic carbocycles. The van der Waals surface area contributed by atoms with Gasteiger partial charge in [-0.05, 0) is 44.2 Å². The van der Waals surface area contributed by atoms with Gasteiger partial charge in [-0.3, -0.25) is 4.79 Å². The molecule has 3 aromatic rings. The summed E-state index contributed by atoms with van der Waals surface area (Å²) >= 11 is 0. The lowest BCUT2D eigenvalue weighted by atomic mass is 10.1. The Bertz CT molecular complexity index is 893. The van der Waals surface area contributed by atoms with Gasteiger partial charge >= 0.3 is 5.97 Å². The van der Waals surface area contributed by atoms with Crippen molar-refractivity contribution in [3.8, 4) is 5.75 Å². The molecule has 0 saturated heterocycles. The molecule has 0 spiro atoms. The Balaban J connectivity index is 1.78. The van der Waals surface area contributed by atoms with Crippen LogP contribution in [-0.4, -0.2) is 23.3 Å². The van der Waals surface area contributed by atoms with E-state index in [-0.39, 0.29) is 12.4 Å². The number of ketones is 1. The van der Waals surface area contributed by atoms with Crippen molar-refractivity contribution >= 4 is 22.7 Å². The summed E-state index contributed by atoms with van der Waals surface area (Å²) in [4.78, 5) is 26.9. The average Bonchev–Trinajstić information content (AvgIpc) is 3.05. The summed E-state index contributed by atoms with van der Waals surface area (Å²) in [6, 6.07) is 14.5. The smallest absolute Gasteiger partial charge is 0.355 e. The number of benzene rings is 2. The Morgan fingerprint density at radius 2 is 1.88 bits per heavy atom. The first-order valence-electron chi connectivity index (χ1n) is 8.10. The van der Waals surface area contributed by atoms with E-state index < -0.39 is 5.97 Å². The summed E-state index contributed by atoms with van der Waals surface area (Å²) in [6.07, 6.45) is 0. The molecule has 0 radical (unpaired) electrons. The Kier molecular flexibility index (Phi) is 4.84. The van der Waals surface area contributed by atoms with E-state index in [2.05, 4.69) is 4.98 Å². The van der Waals surface area contributed by atoms with E-state index in [0.717, 1.165) is 10.9 Å². The van der Waals surface area contributed by atoms with Crippen molar-refractivity contribution in [3.63, 3.8) is 0 Å². The van der Waals surface area contributed by atoms with E-state index in [0.29, 0.717) is 29.2 Å². The number of aromatic nitrogens is 1. The SMILES string of the molecule is CCOc1ccc(C(C)=O)cc1COC(=O)c1cc2ccccc2[nH]1. The maximum absolute atomic E-state index is 12.3. The third-order valence-corrected chi connectivity index (χ3v) is 3.88. The van der Waals surface area contributed by atoms with E-state index in [1.807, 2.05) is 31.2 Å². The lowest BCUT2D eigenvalue weighted by Crippen LogP contribution is -2.08. The number of H-pyrrole nitrogens is 1. The Morgan fingerprint density at radius 3 is 2.60 bits per heavy atom. The Morgan fingerprint density at radius 1 is 1.08 bits per heavy atom. The summed E-state index contributed by atoms with van der Waals surface area (Å²) in [6.45, 7) is 3.89. The van der Waals surface area contributed by atoms with Crippen molar-refractivity contribution in [2.75, 3.05) is 6.61 Å². The van der Waals surface area contributed by atoms with Crippen LogP contribution in [0.15, 0.2) is 48.5 Å². The minimum absolute atomic E-state index is 0.0324. The predicted octanol–water partition coefficient (Wildman–Crippen LogP) is 4.13. The topological polar surface area (TPSA) is 68.4 Å². The minimum atomic E-state index is -0.452. The van der Waals surface area contributed by atoms with Gasteiger partial charge in [0.1, 0.15) is 18.1 Å². The number of hydrogen-bond donors (Lipinski definition) is 1. The fourth-order valence-corrected chi connectivity index (χ4v) is 2.61. The van der Waals surface area contributed by atoms with Crippen molar-refractivity contribution in [1.82, 2.24) is 4.98 Å². The number of esters is 1. The van der Waals surface area contributed by atoms with Gasteiger partial charge in [-0.1, -0.05) is 18.2 Å². The molecule has 0 bridgehead atoms. The van der Waals surface area contributed by atoms with Crippen LogP contribution in [0.5, 0.6) is 5.75 Å². The lowest BCUT2D eigenvalue weighted by Gasteiger charge is -2.11. The number of hydrogen-bond acceptors (Lipinski definition) is 4. The fourth-order valence-electron chi connectivity index (χ4n) is 2.61. The first-order valence-corrected chi connectivity index (χ1v) is 8.10. The van der Waals surface area contributed by atoms with Crippen LogP contribution in [0.1, 0.15) is 40.3 Å². The van der Waals surface area contributed by atoms with E-state index in [9.17, 15) is 9.59 Å². The van der Waals surface area contributed by atoms with Crippen LogP contribution >= 0.6 is 0 Å². The van der Waals surface area contributed by atoms with E-state index in [1.54, 1.807) is 24.3 Å². The van der Waals surface area contributed by atoms with Crippen molar-refractivity contribution in [1.29, 1.82) is 0 Å². The third kappa shape index (κ3) is 3.71. The van der Waals surface area contributed by atoms with Crippen LogP contribution in [0.3, 0.4) is 0 Å². The molecule has 5 heteroatoms. The van der Waals surface area contributed by atoms with E-state index >= 15 is 0 Å². The maximum Gasteiger partial charge on any atom is 0.355 e. The highest BCUT2D eigenvalue weighted by Crippen LogP contribution is 2.23. The van der Waals surface area contributed by atoms with Crippen molar-refractivity contribution in [2.45, 2.75) is 20.5 Å². The monoisotopic (exact) mass is 337 g/mol. The number of fused-ring (bicyclic) bond motifs is 1. The zero-order valence-electron chi connectivity index (χ0n) is 14.2. The fraction of sp³-hybridized carbons (Fsp3) is 0.200. The first-order chi connectivity index (χ1) is 12.1. The zero-order valence-corrected chi connectivity index (χ0v) is 14.2. The van der Waals surface area contributed by atoms with Crippen molar-refractivity contribution in [3.05, 3.63) is 65.4 Å². The third-order valence-electron chi connectivity index (χ3n) is 3.88. The molecule has 0 aliphatic heterocycles. The van der Waals surface area contributed by atoms with E-state index in [4.69, 9.17) is 9.47 Å². The average molecular weight is 337 g/mol. The van der Waals surface area contributed by atoms with Crippen LogP contribution in [-0.2, 0) is 11.3 Å². The maximum atomic E-state index is 12.3. The molecule has 0 unspecified atom stereocenters. The molecular formula is C20H19NO4. The van der Waals surface area contributed by atoms with E-state index in [1.165, 1.54) is 6.92 Å². The highest BCUT2D eigenvalue weighted by Gasteiger charge is 2.14. The van der Waals surface area contributed by atoms with Crippen molar-refractivity contribution in [2.24, 2.45) is 0 Å². The molecule has 0 aliphatic rings. The van der Waals surface area contributed by atoms with Crippen LogP contribution in [0.2, 0.25) is 0 Å². The minimum Gasteiger partial charge on any atom is -0.493 e. The quantitative estimate of drug-likeness (QED) is 0.542. The van der Waals surface area contributed by atoms with Crippen LogP contribution < -0.4 is 4.74 Å². The summed E-state index contributed by atoms with van der Waals surface area (Å²) in [5.41, 5.74) is 2.49. The lowest BCUT2D eigenvalue weighted by molar-refractivity contribution is 0.0464. The highest BCUT2D eigenvalue weighted by molar-refractivity contribution is 5.95. The van der Waals surface area contributed by atoms with Gasteiger partial charge in [0.2, 0.25) is 0 Å². The molecule has 25 heavy (non-hydrogen) atoms. The number of carbonyl (C=O) groups excluding carboxylic acids is 2. The standard InChI is InChI=1S/C20H19NO4/c1-3-24-19-9-8-14(13(2)22)10-16(19)12-25-20(23)18-11-15-6-4-5-7-17(15)21-18/h4-11,21H,3,12H2,1-2H3. The second-order valence-electron chi connectivity index (χ2n) is 5.66. The Hall–Kier alpha value is -3.08. The molecule has 128 valence electrons. The summed E-state index contributed by atoms with van der Waals surface area (Å²) in [5.74, 6) is 0.107. The second kappa shape index (κ2) is 7.21. The predicted molar refractivity (Wildman–Crippen MR) is 95.0 cm³/mol. The molecular weight excluding hydrogens is 318 g/mol. The number of carbonyl (C=O) groups is 2. The summed E-state index contributed by atoms with van der Waals surface area (Å²) in [7, 11) is 0. The Labute approximate surface area is 145 Å². The number of para-hydroxylation sites is 1. The number of aromatic amines is 1. The molecule has 0 fully saturated rings. The van der Waals surface area contributed by atoms with Gasteiger partial charge in [-0.2, -0.15) is 0 Å².